The van der Waals surface area contributed by atoms with Gasteiger partial charge in [-0.25, -0.2) is 0 Å². The van der Waals surface area contributed by atoms with Gasteiger partial charge in [-0.1, -0.05) is 6.42 Å². The molecule has 0 unspecified atom stereocenters. The highest BCUT2D eigenvalue weighted by Gasteiger charge is 2.36. The summed E-state index contributed by atoms with van der Waals surface area (Å²) in [6.07, 6.45) is 5.14. The fraction of sp³-hybridized carbons (Fsp3) is 0.867. The standard InChI is InChI=1S/C15H29N3O3/c1-4-16-14(17-10-6-13(19)21-3)18-12-15(7-5-8-15)9-11-20-2/h4-12H2,1-3H3,(H2,16,17,18). The largest absolute Gasteiger partial charge is 0.469 e. The summed E-state index contributed by atoms with van der Waals surface area (Å²) in [5.74, 6) is 0.555. The number of rotatable bonds is 9. The van der Waals surface area contributed by atoms with E-state index in [1.54, 1.807) is 7.11 Å². The molecule has 2 N–H and O–H groups in total. The van der Waals surface area contributed by atoms with E-state index in [2.05, 4.69) is 20.4 Å². The van der Waals surface area contributed by atoms with Crippen molar-refractivity contribution in [3.05, 3.63) is 0 Å². The van der Waals surface area contributed by atoms with Crippen LogP contribution in [0.4, 0.5) is 0 Å². The summed E-state index contributed by atoms with van der Waals surface area (Å²) in [5, 5.41) is 6.38. The Morgan fingerprint density at radius 1 is 1.29 bits per heavy atom. The van der Waals surface area contributed by atoms with Crippen LogP contribution in [0, 0.1) is 5.41 Å². The summed E-state index contributed by atoms with van der Waals surface area (Å²) in [4.78, 5) is 15.8. The monoisotopic (exact) mass is 299 g/mol. The van der Waals surface area contributed by atoms with Gasteiger partial charge in [0.1, 0.15) is 0 Å². The Kier molecular flexibility index (Phi) is 8.12. The number of hydrogen-bond donors (Lipinski definition) is 2. The number of carbonyl (C=O) groups is 1. The lowest BCUT2D eigenvalue weighted by molar-refractivity contribution is -0.140. The molecule has 0 aromatic carbocycles. The van der Waals surface area contributed by atoms with E-state index < -0.39 is 0 Å². The lowest BCUT2D eigenvalue weighted by atomic mass is 9.67. The van der Waals surface area contributed by atoms with Gasteiger partial charge in [-0.15, -0.1) is 0 Å². The molecule has 6 nitrogen and oxygen atoms in total. The van der Waals surface area contributed by atoms with Gasteiger partial charge in [-0.3, -0.25) is 9.79 Å². The minimum Gasteiger partial charge on any atom is -0.469 e. The molecule has 1 aliphatic carbocycles. The van der Waals surface area contributed by atoms with E-state index in [-0.39, 0.29) is 5.97 Å². The van der Waals surface area contributed by atoms with Crippen LogP contribution in [0.3, 0.4) is 0 Å². The van der Waals surface area contributed by atoms with Crippen LogP contribution >= 0.6 is 0 Å². The molecule has 1 saturated carbocycles. The smallest absolute Gasteiger partial charge is 0.307 e. The molecular weight excluding hydrogens is 270 g/mol. The van der Waals surface area contributed by atoms with Crippen LogP contribution in [0.15, 0.2) is 4.99 Å². The fourth-order valence-corrected chi connectivity index (χ4v) is 2.46. The van der Waals surface area contributed by atoms with E-state index >= 15 is 0 Å². The minimum atomic E-state index is -0.214. The van der Waals surface area contributed by atoms with Gasteiger partial charge in [0, 0.05) is 33.4 Å². The number of guanidine groups is 1. The van der Waals surface area contributed by atoms with Crippen molar-refractivity contribution in [2.45, 2.75) is 39.0 Å². The predicted molar refractivity (Wildman–Crippen MR) is 83.4 cm³/mol. The Balaban J connectivity index is 2.44. The first-order valence-corrected chi connectivity index (χ1v) is 7.74. The van der Waals surface area contributed by atoms with Crippen molar-refractivity contribution in [1.82, 2.24) is 10.6 Å². The lowest BCUT2D eigenvalue weighted by Crippen LogP contribution is -2.41. The Morgan fingerprint density at radius 3 is 2.57 bits per heavy atom. The van der Waals surface area contributed by atoms with Crippen LogP contribution < -0.4 is 10.6 Å². The fourth-order valence-electron chi connectivity index (χ4n) is 2.46. The van der Waals surface area contributed by atoms with E-state index in [1.165, 1.54) is 26.4 Å². The lowest BCUT2D eigenvalue weighted by Gasteiger charge is -2.40. The third kappa shape index (κ3) is 6.33. The van der Waals surface area contributed by atoms with Gasteiger partial charge < -0.3 is 20.1 Å². The van der Waals surface area contributed by atoms with Crippen LogP contribution in [0.25, 0.3) is 0 Å². The Labute approximate surface area is 127 Å². The van der Waals surface area contributed by atoms with Crippen LogP contribution in [0.1, 0.15) is 39.0 Å². The number of carbonyl (C=O) groups excluding carboxylic acids is 1. The first-order valence-electron chi connectivity index (χ1n) is 7.74. The maximum Gasteiger partial charge on any atom is 0.307 e. The van der Waals surface area contributed by atoms with E-state index in [0.29, 0.717) is 18.4 Å². The molecule has 0 aromatic rings. The number of nitrogens with one attached hydrogen (secondary N) is 2. The van der Waals surface area contributed by atoms with E-state index in [0.717, 1.165) is 32.1 Å². The first-order chi connectivity index (χ1) is 10.2. The molecule has 0 amide bonds. The SMILES string of the molecule is CCNC(=NCC1(CCOC)CCC1)NCCC(=O)OC. The van der Waals surface area contributed by atoms with Crippen LogP contribution in [-0.2, 0) is 14.3 Å². The molecule has 1 fully saturated rings. The zero-order valence-electron chi connectivity index (χ0n) is 13.5. The average Bonchev–Trinajstić information content (AvgIpc) is 2.45. The second-order valence-electron chi connectivity index (χ2n) is 5.54. The number of hydrogen-bond acceptors (Lipinski definition) is 4. The highest BCUT2D eigenvalue weighted by atomic mass is 16.5. The maximum atomic E-state index is 11.1. The number of ether oxygens (including phenoxy) is 2. The van der Waals surface area contributed by atoms with Crippen molar-refractivity contribution in [2.24, 2.45) is 10.4 Å². The molecule has 122 valence electrons. The Bertz CT molecular complexity index is 341. The van der Waals surface area contributed by atoms with Crippen LogP contribution in [-0.4, -0.2) is 52.4 Å². The Hall–Kier alpha value is -1.30. The third-order valence-electron chi connectivity index (χ3n) is 4.02. The van der Waals surface area contributed by atoms with Gasteiger partial charge in [0.05, 0.1) is 13.5 Å². The molecule has 1 rings (SSSR count). The summed E-state index contributed by atoms with van der Waals surface area (Å²) in [7, 11) is 3.14. The third-order valence-corrected chi connectivity index (χ3v) is 4.02. The van der Waals surface area contributed by atoms with Gasteiger partial charge in [0.25, 0.3) is 0 Å². The highest BCUT2D eigenvalue weighted by Crippen LogP contribution is 2.44. The molecule has 21 heavy (non-hydrogen) atoms. The molecule has 0 aliphatic heterocycles. The summed E-state index contributed by atoms with van der Waals surface area (Å²) in [6.45, 7) is 4.96. The van der Waals surface area contributed by atoms with Gasteiger partial charge in [0.2, 0.25) is 0 Å². The maximum absolute atomic E-state index is 11.1. The molecule has 0 bridgehead atoms. The quantitative estimate of drug-likeness (QED) is 0.381. The van der Waals surface area contributed by atoms with Crippen molar-refractivity contribution in [3.63, 3.8) is 0 Å². The zero-order valence-corrected chi connectivity index (χ0v) is 13.5. The second-order valence-corrected chi connectivity index (χ2v) is 5.54. The predicted octanol–water partition coefficient (Wildman–Crippen LogP) is 1.31. The molecule has 0 heterocycles. The van der Waals surface area contributed by atoms with Crippen molar-refractivity contribution >= 4 is 11.9 Å². The minimum absolute atomic E-state index is 0.214. The van der Waals surface area contributed by atoms with E-state index in [1.807, 2.05) is 6.92 Å². The topological polar surface area (TPSA) is 72.0 Å². The number of aliphatic imine (C=N–C) groups is 1. The summed E-state index contributed by atoms with van der Waals surface area (Å²) >= 11 is 0. The molecule has 0 spiro atoms. The second kappa shape index (κ2) is 9.60. The number of nitrogens with zero attached hydrogens (tertiary/aromatic N) is 1. The first kappa shape index (κ1) is 17.8. The van der Waals surface area contributed by atoms with E-state index in [9.17, 15) is 4.79 Å². The molecule has 0 radical (unpaired) electrons. The molecule has 0 saturated heterocycles. The van der Waals surface area contributed by atoms with Gasteiger partial charge in [-0.2, -0.15) is 0 Å². The summed E-state index contributed by atoms with van der Waals surface area (Å²) in [6, 6.07) is 0. The summed E-state index contributed by atoms with van der Waals surface area (Å²) < 4.78 is 9.82. The number of esters is 1. The van der Waals surface area contributed by atoms with Crippen molar-refractivity contribution in [3.8, 4) is 0 Å². The van der Waals surface area contributed by atoms with Gasteiger partial charge in [0.15, 0.2) is 5.96 Å². The van der Waals surface area contributed by atoms with Crippen LogP contribution in [0.5, 0.6) is 0 Å². The summed E-state index contributed by atoms with van der Waals surface area (Å²) in [5.41, 5.74) is 0.306. The molecule has 6 heteroatoms. The molecule has 0 aromatic heterocycles. The van der Waals surface area contributed by atoms with Crippen molar-refractivity contribution in [1.29, 1.82) is 0 Å². The van der Waals surface area contributed by atoms with Crippen LogP contribution in [0.2, 0.25) is 0 Å². The normalized spacial score (nSPS) is 17.0. The van der Waals surface area contributed by atoms with Crippen molar-refractivity contribution in [2.75, 3.05) is 40.5 Å². The highest BCUT2D eigenvalue weighted by molar-refractivity contribution is 5.80. The van der Waals surface area contributed by atoms with Gasteiger partial charge in [-0.05, 0) is 31.6 Å². The zero-order chi connectivity index (χ0) is 15.6. The molecule has 0 atom stereocenters. The van der Waals surface area contributed by atoms with E-state index in [4.69, 9.17) is 4.74 Å². The molecule has 1 aliphatic rings. The van der Waals surface area contributed by atoms with Crippen molar-refractivity contribution < 1.29 is 14.3 Å². The van der Waals surface area contributed by atoms with Gasteiger partial charge >= 0.3 is 5.97 Å². The average molecular weight is 299 g/mol. The number of methoxy groups -OCH3 is 2. The molecular formula is C15H29N3O3. The Morgan fingerprint density at radius 2 is 2.05 bits per heavy atom.